The summed E-state index contributed by atoms with van der Waals surface area (Å²) in [5.41, 5.74) is 5.32. The Morgan fingerprint density at radius 2 is 2.05 bits per heavy atom. The average Bonchev–Trinajstić information content (AvgIpc) is 3.63. The van der Waals surface area contributed by atoms with Crippen molar-refractivity contribution in [3.63, 3.8) is 0 Å². The molecule has 10 nitrogen and oxygen atoms in total. The Labute approximate surface area is 246 Å². The normalized spacial score (nSPS) is 17.3. The highest BCUT2D eigenvalue weighted by atomic mass is 35.5. The minimum Gasteiger partial charge on any atom is -0.473 e. The largest absolute Gasteiger partial charge is 0.473 e. The third kappa shape index (κ3) is 5.63. The number of nitrogens with one attached hydrogen (secondary N) is 1. The topological polar surface area (TPSA) is 107 Å². The highest BCUT2D eigenvalue weighted by Crippen LogP contribution is 2.28. The zero-order valence-corrected chi connectivity index (χ0v) is 23.5. The summed E-state index contributed by atoms with van der Waals surface area (Å²) in [7, 11) is 0. The van der Waals surface area contributed by atoms with Crippen LogP contribution >= 0.6 is 11.6 Å². The van der Waals surface area contributed by atoms with Crippen LogP contribution in [0.15, 0.2) is 60.7 Å². The van der Waals surface area contributed by atoms with Gasteiger partial charge in [0.15, 0.2) is 0 Å². The number of hydrogen-bond acceptors (Lipinski definition) is 8. The molecule has 1 N–H and O–H groups in total. The van der Waals surface area contributed by atoms with Crippen molar-refractivity contribution < 1.29 is 13.9 Å². The van der Waals surface area contributed by atoms with E-state index >= 15 is 0 Å². The Morgan fingerprint density at radius 3 is 2.81 bits per heavy atom. The first-order valence-corrected chi connectivity index (χ1v) is 14.3. The van der Waals surface area contributed by atoms with E-state index in [1.807, 2.05) is 24.3 Å². The number of hydrogen-bond donors (Lipinski definition) is 1. The molecular formula is C30H28ClFN8O2. The van der Waals surface area contributed by atoms with Gasteiger partial charge in [0.2, 0.25) is 11.7 Å². The summed E-state index contributed by atoms with van der Waals surface area (Å²) in [6, 6.07) is 16.3. The summed E-state index contributed by atoms with van der Waals surface area (Å²) in [6.45, 7) is 3.99. The predicted molar refractivity (Wildman–Crippen MR) is 155 cm³/mol. The molecule has 42 heavy (non-hydrogen) atoms. The van der Waals surface area contributed by atoms with E-state index in [1.165, 1.54) is 6.07 Å². The van der Waals surface area contributed by atoms with Gasteiger partial charge in [-0.15, -0.1) is 10.2 Å². The standard InChI is InChI=1S/C30H28ClFN8O2/c31-22-6-4-21(24(32)15-22)18-42-29-3-1-2-25(34-29)19-8-11-39(12-9-19)17-28-33-26-7-5-20(30-35-37-38-36-30)14-27(26)40(28)16-23-10-13-41-23/h1-8,14-15,23H,9-13,16-18H2,(H,35,36,37,38). The Balaban J connectivity index is 1.06. The second kappa shape index (κ2) is 11.6. The lowest BCUT2D eigenvalue weighted by Gasteiger charge is -2.29. The van der Waals surface area contributed by atoms with Crippen LogP contribution in [0.25, 0.3) is 28.0 Å². The lowest BCUT2D eigenvalue weighted by molar-refractivity contribution is -0.0591. The number of nitrogens with zero attached hydrogens (tertiary/aromatic N) is 7. The van der Waals surface area contributed by atoms with Gasteiger partial charge in [-0.25, -0.2) is 14.4 Å². The quantitative estimate of drug-likeness (QED) is 0.255. The molecule has 7 rings (SSSR count). The molecule has 2 aliphatic heterocycles. The van der Waals surface area contributed by atoms with Gasteiger partial charge < -0.3 is 14.0 Å². The maximum atomic E-state index is 14.1. The molecule has 1 unspecified atom stereocenters. The number of imidazole rings is 1. The maximum absolute atomic E-state index is 14.1. The van der Waals surface area contributed by atoms with Gasteiger partial charge in [0.1, 0.15) is 18.2 Å². The summed E-state index contributed by atoms with van der Waals surface area (Å²) in [5, 5.41) is 14.8. The SMILES string of the molecule is Fc1cc(Cl)ccc1COc1cccc(C2=CCN(Cc3nc4ccc(-c5nn[nH]n5)cc4n3CC3CCO3)CC2)n1. The monoisotopic (exact) mass is 586 g/mol. The second-order valence-corrected chi connectivity index (χ2v) is 10.9. The van der Waals surface area contributed by atoms with E-state index in [1.54, 1.807) is 18.2 Å². The summed E-state index contributed by atoms with van der Waals surface area (Å²) in [6.07, 6.45) is 4.30. The summed E-state index contributed by atoms with van der Waals surface area (Å²) in [4.78, 5) is 12.1. The van der Waals surface area contributed by atoms with Crippen LogP contribution in [0, 0.1) is 5.82 Å². The summed E-state index contributed by atoms with van der Waals surface area (Å²) in [5.74, 6) is 1.62. The van der Waals surface area contributed by atoms with Gasteiger partial charge in [-0.2, -0.15) is 5.21 Å². The van der Waals surface area contributed by atoms with E-state index in [9.17, 15) is 4.39 Å². The highest BCUT2D eigenvalue weighted by Gasteiger charge is 2.24. The van der Waals surface area contributed by atoms with Crippen molar-refractivity contribution in [2.75, 3.05) is 19.7 Å². The molecule has 2 aromatic carbocycles. The molecule has 2 aliphatic rings. The smallest absolute Gasteiger partial charge is 0.214 e. The molecule has 214 valence electrons. The predicted octanol–water partition coefficient (Wildman–Crippen LogP) is 5.06. The molecule has 0 saturated carbocycles. The van der Waals surface area contributed by atoms with Gasteiger partial charge in [0, 0.05) is 41.9 Å². The number of fused-ring (bicyclic) bond motifs is 1. The van der Waals surface area contributed by atoms with Crippen molar-refractivity contribution in [1.82, 2.24) is 40.1 Å². The second-order valence-electron chi connectivity index (χ2n) is 10.5. The van der Waals surface area contributed by atoms with Gasteiger partial charge in [-0.3, -0.25) is 4.90 Å². The molecule has 3 aromatic heterocycles. The number of aromatic amines is 1. The van der Waals surface area contributed by atoms with Crippen LogP contribution in [0.3, 0.4) is 0 Å². The van der Waals surface area contributed by atoms with E-state index in [0.29, 0.717) is 28.8 Å². The van der Waals surface area contributed by atoms with Crippen molar-refractivity contribution >= 4 is 28.2 Å². The third-order valence-corrected chi connectivity index (χ3v) is 7.95. The van der Waals surface area contributed by atoms with Crippen LogP contribution in [-0.4, -0.2) is 65.9 Å². The molecule has 5 heterocycles. The van der Waals surface area contributed by atoms with E-state index in [-0.39, 0.29) is 12.7 Å². The average molecular weight is 587 g/mol. The number of pyridine rings is 1. The third-order valence-electron chi connectivity index (χ3n) is 7.71. The fourth-order valence-electron chi connectivity index (χ4n) is 5.30. The van der Waals surface area contributed by atoms with Crippen LogP contribution in [0.5, 0.6) is 5.88 Å². The van der Waals surface area contributed by atoms with Crippen molar-refractivity contribution in [3.05, 3.63) is 88.6 Å². The molecule has 0 spiro atoms. The van der Waals surface area contributed by atoms with Crippen LogP contribution in [-0.2, 0) is 24.4 Å². The molecule has 1 fully saturated rings. The molecule has 0 aliphatic carbocycles. The Bertz CT molecular complexity index is 1750. The number of H-pyrrole nitrogens is 1. The number of tetrazole rings is 1. The number of rotatable bonds is 9. The van der Waals surface area contributed by atoms with Gasteiger partial charge >= 0.3 is 0 Å². The molecule has 5 aromatic rings. The summed E-state index contributed by atoms with van der Waals surface area (Å²) >= 11 is 5.85. The van der Waals surface area contributed by atoms with Gasteiger partial charge in [-0.1, -0.05) is 29.8 Å². The van der Waals surface area contributed by atoms with Gasteiger partial charge in [0.05, 0.1) is 35.9 Å². The fourth-order valence-corrected chi connectivity index (χ4v) is 5.46. The minimum absolute atomic E-state index is 0.0791. The van der Waals surface area contributed by atoms with Crippen molar-refractivity contribution in [2.45, 2.75) is 38.6 Å². The summed E-state index contributed by atoms with van der Waals surface area (Å²) < 4.78 is 28.0. The van der Waals surface area contributed by atoms with Crippen molar-refractivity contribution in [3.8, 4) is 17.3 Å². The molecule has 1 atom stereocenters. The lowest BCUT2D eigenvalue weighted by atomic mass is 10.0. The first kappa shape index (κ1) is 26.7. The Kier molecular flexibility index (Phi) is 7.37. The van der Waals surface area contributed by atoms with Crippen LogP contribution in [0.1, 0.15) is 29.9 Å². The van der Waals surface area contributed by atoms with E-state index < -0.39 is 5.82 Å². The van der Waals surface area contributed by atoms with Crippen LogP contribution in [0.4, 0.5) is 4.39 Å². The first-order valence-electron chi connectivity index (χ1n) is 13.9. The highest BCUT2D eigenvalue weighted by molar-refractivity contribution is 6.30. The van der Waals surface area contributed by atoms with Crippen LogP contribution in [0.2, 0.25) is 5.02 Å². The Hall–Kier alpha value is -4.19. The molecule has 0 radical (unpaired) electrons. The molecular weight excluding hydrogens is 559 g/mol. The zero-order chi connectivity index (χ0) is 28.5. The van der Waals surface area contributed by atoms with Gasteiger partial charge in [-0.05, 0) is 60.0 Å². The minimum atomic E-state index is -0.394. The zero-order valence-electron chi connectivity index (χ0n) is 22.7. The first-order chi connectivity index (χ1) is 20.6. The van der Waals surface area contributed by atoms with Gasteiger partial charge in [0.25, 0.3) is 0 Å². The number of halogens is 2. The van der Waals surface area contributed by atoms with Crippen molar-refractivity contribution in [1.29, 1.82) is 0 Å². The molecule has 12 heteroatoms. The number of ether oxygens (including phenoxy) is 2. The molecule has 0 amide bonds. The number of aromatic nitrogens is 7. The number of benzene rings is 2. The van der Waals surface area contributed by atoms with E-state index in [4.69, 9.17) is 26.1 Å². The van der Waals surface area contributed by atoms with Crippen molar-refractivity contribution in [2.24, 2.45) is 0 Å². The lowest BCUT2D eigenvalue weighted by Crippen LogP contribution is -2.33. The maximum Gasteiger partial charge on any atom is 0.214 e. The molecule has 0 bridgehead atoms. The fraction of sp³-hybridized carbons (Fsp3) is 0.300. The van der Waals surface area contributed by atoms with Crippen LogP contribution < -0.4 is 4.74 Å². The van der Waals surface area contributed by atoms with E-state index in [0.717, 1.165) is 72.8 Å². The van der Waals surface area contributed by atoms with E-state index in [2.05, 4.69) is 47.2 Å². The molecule has 1 saturated heterocycles. The Morgan fingerprint density at radius 1 is 1.12 bits per heavy atom.